The first kappa shape index (κ1) is 12.9. The Balaban J connectivity index is 2.64. The fourth-order valence-corrected chi connectivity index (χ4v) is 1.90. The molecule has 0 aromatic carbocycles. The molecule has 86 valence electrons. The molecule has 0 radical (unpaired) electrons. The van der Waals surface area contributed by atoms with Gasteiger partial charge in [-0.1, -0.05) is 34.8 Å². The molecule has 0 unspecified atom stereocenters. The molecule has 0 aliphatic carbocycles. The van der Waals surface area contributed by atoms with Gasteiger partial charge in [0.1, 0.15) is 0 Å². The van der Waals surface area contributed by atoms with Crippen molar-refractivity contribution in [2.45, 2.75) is 16.6 Å². The van der Waals surface area contributed by atoms with Crippen molar-refractivity contribution in [3.8, 4) is 0 Å². The Hall–Kier alpha value is -0.190. The number of rotatable bonds is 1. The van der Waals surface area contributed by atoms with Gasteiger partial charge in [-0.25, -0.2) is 0 Å². The van der Waals surface area contributed by atoms with Gasteiger partial charge in [0.2, 0.25) is 0 Å². The van der Waals surface area contributed by atoms with Crippen molar-refractivity contribution >= 4 is 46.7 Å². The third-order valence-electron chi connectivity index (χ3n) is 2.30. The number of alkyl halides is 3. The van der Waals surface area contributed by atoms with Crippen molar-refractivity contribution < 1.29 is 14.7 Å². The number of carboxylic acids is 1. The monoisotopic (exact) mass is 273 g/mol. The lowest BCUT2D eigenvalue weighted by molar-refractivity contribution is -0.145. The first-order chi connectivity index (χ1) is 6.82. The minimum absolute atomic E-state index is 0.113. The van der Waals surface area contributed by atoms with Crippen LogP contribution in [-0.4, -0.2) is 38.8 Å². The van der Waals surface area contributed by atoms with E-state index in [2.05, 4.69) is 0 Å². The molecule has 1 atom stereocenters. The van der Waals surface area contributed by atoms with Gasteiger partial charge in [0.15, 0.2) is 0 Å². The van der Waals surface area contributed by atoms with Crippen LogP contribution in [0.4, 0.5) is 0 Å². The van der Waals surface area contributed by atoms with Gasteiger partial charge >= 0.3 is 5.97 Å². The highest BCUT2D eigenvalue weighted by atomic mass is 35.6. The minimum atomic E-state index is -2.00. The van der Waals surface area contributed by atoms with Gasteiger partial charge in [-0.15, -0.1) is 0 Å². The highest BCUT2D eigenvalue weighted by molar-refractivity contribution is 6.76. The molecule has 1 aliphatic heterocycles. The number of piperidine rings is 1. The van der Waals surface area contributed by atoms with Crippen LogP contribution in [-0.2, 0) is 9.59 Å². The maximum Gasteiger partial charge on any atom is 0.308 e. The van der Waals surface area contributed by atoms with Crippen LogP contribution in [0.5, 0.6) is 0 Å². The number of hydrogen-bond acceptors (Lipinski definition) is 2. The Labute approximate surface area is 102 Å². The summed E-state index contributed by atoms with van der Waals surface area (Å²) in [7, 11) is 0. The molecule has 1 N–H and O–H groups in total. The summed E-state index contributed by atoms with van der Waals surface area (Å²) >= 11 is 16.3. The van der Waals surface area contributed by atoms with E-state index in [0.717, 1.165) is 0 Å². The molecule has 1 fully saturated rings. The van der Waals surface area contributed by atoms with Crippen LogP contribution >= 0.6 is 34.8 Å². The van der Waals surface area contributed by atoms with Gasteiger partial charge in [0.25, 0.3) is 9.70 Å². The molecule has 0 aromatic rings. The van der Waals surface area contributed by atoms with E-state index in [1.165, 1.54) is 4.90 Å². The van der Waals surface area contributed by atoms with Gasteiger partial charge in [0, 0.05) is 13.1 Å². The molecule has 0 saturated carbocycles. The van der Waals surface area contributed by atoms with E-state index >= 15 is 0 Å². The molecular formula is C8H10Cl3NO3. The summed E-state index contributed by atoms with van der Waals surface area (Å²) in [5.41, 5.74) is 0. The van der Waals surface area contributed by atoms with Gasteiger partial charge in [-0.3, -0.25) is 9.59 Å². The molecular weight excluding hydrogens is 264 g/mol. The summed E-state index contributed by atoms with van der Waals surface area (Å²) in [5.74, 6) is -2.13. The second-order valence-corrected chi connectivity index (χ2v) is 5.71. The number of carboxylic acid groups (broad SMARTS) is 1. The molecule has 1 saturated heterocycles. The lowest BCUT2D eigenvalue weighted by atomic mass is 9.98. The van der Waals surface area contributed by atoms with Crippen molar-refractivity contribution in [3.63, 3.8) is 0 Å². The second-order valence-electron chi connectivity index (χ2n) is 3.43. The molecule has 4 nitrogen and oxygen atoms in total. The van der Waals surface area contributed by atoms with Gasteiger partial charge in [-0.05, 0) is 12.8 Å². The van der Waals surface area contributed by atoms with Crippen molar-refractivity contribution in [2.24, 2.45) is 5.92 Å². The van der Waals surface area contributed by atoms with E-state index in [-0.39, 0.29) is 6.54 Å². The Morgan fingerprint density at radius 2 is 1.93 bits per heavy atom. The SMILES string of the molecule is O=C(O)[C@H]1CCCN(C(=O)C(Cl)(Cl)Cl)C1. The maximum absolute atomic E-state index is 11.5. The number of halogens is 3. The van der Waals surface area contributed by atoms with Crippen LogP contribution in [0, 0.1) is 5.92 Å². The minimum Gasteiger partial charge on any atom is -0.481 e. The summed E-state index contributed by atoms with van der Waals surface area (Å²) in [6.07, 6.45) is 1.17. The van der Waals surface area contributed by atoms with E-state index in [1.54, 1.807) is 0 Å². The summed E-state index contributed by atoms with van der Waals surface area (Å²) in [5, 5.41) is 8.80. The van der Waals surface area contributed by atoms with Crippen LogP contribution in [0.3, 0.4) is 0 Å². The second kappa shape index (κ2) is 4.76. The third kappa shape index (κ3) is 3.40. The zero-order chi connectivity index (χ0) is 11.6. The fourth-order valence-electron chi connectivity index (χ4n) is 1.54. The normalized spacial score (nSPS) is 22.6. The third-order valence-corrected chi connectivity index (χ3v) is 2.79. The van der Waals surface area contributed by atoms with Crippen molar-refractivity contribution in [1.29, 1.82) is 0 Å². The number of nitrogens with zero attached hydrogens (tertiary/aromatic N) is 1. The predicted molar refractivity (Wildman–Crippen MR) is 57.2 cm³/mol. The average Bonchev–Trinajstić information content (AvgIpc) is 2.15. The zero-order valence-electron chi connectivity index (χ0n) is 7.75. The zero-order valence-corrected chi connectivity index (χ0v) is 10.0. The van der Waals surface area contributed by atoms with Crippen LogP contribution in [0.2, 0.25) is 0 Å². The molecule has 0 bridgehead atoms. The van der Waals surface area contributed by atoms with Gasteiger partial charge in [-0.2, -0.15) is 0 Å². The summed E-state index contributed by atoms with van der Waals surface area (Å²) in [6, 6.07) is 0. The van der Waals surface area contributed by atoms with Crippen LogP contribution in [0.25, 0.3) is 0 Å². The summed E-state index contributed by atoms with van der Waals surface area (Å²) in [4.78, 5) is 23.5. The first-order valence-electron chi connectivity index (χ1n) is 4.41. The number of amides is 1. The molecule has 1 heterocycles. The highest BCUT2D eigenvalue weighted by Gasteiger charge is 2.38. The highest BCUT2D eigenvalue weighted by Crippen LogP contribution is 2.30. The summed E-state index contributed by atoms with van der Waals surface area (Å²) in [6.45, 7) is 0.554. The Kier molecular flexibility index (Phi) is 4.09. The number of likely N-dealkylation sites (tertiary alicyclic amines) is 1. The van der Waals surface area contributed by atoms with Gasteiger partial charge < -0.3 is 10.0 Å². The van der Waals surface area contributed by atoms with E-state index in [9.17, 15) is 9.59 Å². The number of aliphatic carboxylic acids is 1. The Bertz CT molecular complexity index is 277. The molecule has 0 spiro atoms. The standard InChI is InChI=1S/C8H10Cl3NO3/c9-8(10,11)7(15)12-3-1-2-5(4-12)6(13)14/h5H,1-4H2,(H,13,14)/t5-/m0/s1. The first-order valence-corrected chi connectivity index (χ1v) is 5.54. The van der Waals surface area contributed by atoms with Crippen LogP contribution in [0.15, 0.2) is 0 Å². The molecule has 15 heavy (non-hydrogen) atoms. The molecule has 1 rings (SSSR count). The number of hydrogen-bond donors (Lipinski definition) is 1. The van der Waals surface area contributed by atoms with E-state index in [4.69, 9.17) is 39.9 Å². The quantitative estimate of drug-likeness (QED) is 0.740. The molecule has 0 aromatic heterocycles. The van der Waals surface area contributed by atoms with Crippen molar-refractivity contribution in [3.05, 3.63) is 0 Å². The molecule has 1 aliphatic rings. The Morgan fingerprint density at radius 1 is 1.33 bits per heavy atom. The fraction of sp³-hybridized carbons (Fsp3) is 0.750. The lowest BCUT2D eigenvalue weighted by Crippen LogP contribution is -2.46. The largest absolute Gasteiger partial charge is 0.481 e. The van der Waals surface area contributed by atoms with E-state index in [1.807, 2.05) is 0 Å². The van der Waals surface area contributed by atoms with Crippen LogP contribution < -0.4 is 0 Å². The Morgan fingerprint density at radius 3 is 2.40 bits per heavy atom. The van der Waals surface area contributed by atoms with Crippen molar-refractivity contribution in [1.82, 2.24) is 4.90 Å². The topological polar surface area (TPSA) is 57.6 Å². The number of carbonyl (C=O) groups is 2. The smallest absolute Gasteiger partial charge is 0.308 e. The molecule has 7 heteroatoms. The van der Waals surface area contributed by atoms with Crippen LogP contribution in [0.1, 0.15) is 12.8 Å². The number of carbonyl (C=O) groups excluding carboxylic acids is 1. The average molecular weight is 275 g/mol. The van der Waals surface area contributed by atoms with Crippen molar-refractivity contribution in [2.75, 3.05) is 13.1 Å². The predicted octanol–water partition coefficient (Wildman–Crippen LogP) is 1.68. The maximum atomic E-state index is 11.5. The van der Waals surface area contributed by atoms with E-state index in [0.29, 0.717) is 19.4 Å². The summed E-state index contributed by atoms with van der Waals surface area (Å²) < 4.78 is -2.00. The molecule has 1 amide bonds. The van der Waals surface area contributed by atoms with Gasteiger partial charge in [0.05, 0.1) is 5.92 Å². The lowest BCUT2D eigenvalue weighted by Gasteiger charge is -2.32. The van der Waals surface area contributed by atoms with E-state index < -0.39 is 21.6 Å².